The van der Waals surface area contributed by atoms with E-state index in [2.05, 4.69) is 0 Å². The van der Waals surface area contributed by atoms with Gasteiger partial charge in [-0.15, -0.1) is 0 Å². The second kappa shape index (κ2) is 8.17. The van der Waals surface area contributed by atoms with E-state index in [1.54, 1.807) is 13.8 Å². The number of rotatable bonds is 6. The minimum Gasteiger partial charge on any atom is -0.464 e. The highest BCUT2D eigenvalue weighted by Crippen LogP contribution is 2.44. The monoisotopic (exact) mass is 398 g/mol. The number of carbonyl (C=O) groups is 3. The molecule has 5 atom stereocenters. The van der Waals surface area contributed by atoms with Gasteiger partial charge in [0.2, 0.25) is 11.8 Å². The zero-order valence-electron chi connectivity index (χ0n) is 17.3. The smallest absolute Gasteiger partial charge is 0.328 e. The molecule has 0 spiro atoms. The lowest BCUT2D eigenvalue weighted by atomic mass is 9.97. The summed E-state index contributed by atoms with van der Waals surface area (Å²) in [6, 6.07) is 8.31. The number of esters is 1. The molecule has 3 aliphatic rings. The maximum atomic E-state index is 13.5. The average molecular weight is 399 g/mol. The first-order chi connectivity index (χ1) is 14.0. The van der Waals surface area contributed by atoms with E-state index in [9.17, 15) is 14.4 Å². The summed E-state index contributed by atoms with van der Waals surface area (Å²) in [5, 5.41) is 0. The normalized spacial score (nSPS) is 29.6. The number of aryl methyl sites for hydroxylation is 1. The molecule has 0 unspecified atom stereocenters. The van der Waals surface area contributed by atoms with Gasteiger partial charge < -0.3 is 14.5 Å². The van der Waals surface area contributed by atoms with Gasteiger partial charge >= 0.3 is 5.97 Å². The molecule has 1 aromatic carbocycles. The van der Waals surface area contributed by atoms with E-state index in [4.69, 9.17) is 4.74 Å². The van der Waals surface area contributed by atoms with Gasteiger partial charge in [-0.2, -0.15) is 0 Å². The van der Waals surface area contributed by atoms with Crippen molar-refractivity contribution in [3.8, 4) is 0 Å². The minimum absolute atomic E-state index is 0.0157. The molecule has 2 aliphatic heterocycles. The van der Waals surface area contributed by atoms with Crippen molar-refractivity contribution in [3.05, 3.63) is 35.9 Å². The van der Waals surface area contributed by atoms with Crippen LogP contribution < -0.4 is 0 Å². The summed E-state index contributed by atoms with van der Waals surface area (Å²) >= 11 is 0. The Labute approximate surface area is 172 Å². The van der Waals surface area contributed by atoms with Crippen molar-refractivity contribution >= 4 is 17.8 Å². The van der Waals surface area contributed by atoms with Crippen LogP contribution in [0.2, 0.25) is 0 Å². The topological polar surface area (TPSA) is 66.9 Å². The van der Waals surface area contributed by atoms with Crippen LogP contribution in [0.1, 0.15) is 51.5 Å². The van der Waals surface area contributed by atoms with Gasteiger partial charge in [0.25, 0.3) is 0 Å². The number of hydrogen-bond acceptors (Lipinski definition) is 4. The Kier molecular flexibility index (Phi) is 5.61. The van der Waals surface area contributed by atoms with Gasteiger partial charge in [-0.05, 0) is 57.4 Å². The van der Waals surface area contributed by atoms with Gasteiger partial charge in [0.1, 0.15) is 18.1 Å². The van der Waals surface area contributed by atoms with Gasteiger partial charge in [0.15, 0.2) is 0 Å². The van der Waals surface area contributed by atoms with Gasteiger partial charge in [-0.1, -0.05) is 36.8 Å². The summed E-state index contributed by atoms with van der Waals surface area (Å²) in [6.45, 7) is 3.77. The summed E-state index contributed by atoms with van der Waals surface area (Å²) in [5.74, 6) is -0.0934. The van der Waals surface area contributed by atoms with E-state index in [0.717, 1.165) is 31.2 Å². The molecule has 0 bridgehead atoms. The van der Waals surface area contributed by atoms with Crippen LogP contribution in [-0.2, 0) is 25.5 Å². The highest BCUT2D eigenvalue weighted by Gasteiger charge is 2.56. The zero-order valence-corrected chi connectivity index (χ0v) is 17.3. The van der Waals surface area contributed by atoms with Crippen molar-refractivity contribution in [1.82, 2.24) is 9.80 Å². The predicted octanol–water partition coefficient (Wildman–Crippen LogP) is 2.55. The molecule has 156 valence electrons. The first-order valence-corrected chi connectivity index (χ1v) is 10.9. The van der Waals surface area contributed by atoms with Crippen LogP contribution in [0.4, 0.5) is 0 Å². The summed E-state index contributed by atoms with van der Waals surface area (Å²) in [7, 11) is 0. The first kappa shape index (κ1) is 19.9. The lowest BCUT2D eigenvalue weighted by Gasteiger charge is -2.45. The van der Waals surface area contributed by atoms with E-state index in [1.165, 1.54) is 4.90 Å². The fraction of sp³-hybridized carbons (Fsp3) is 0.609. The van der Waals surface area contributed by atoms with Gasteiger partial charge in [0, 0.05) is 6.04 Å². The third-order valence-electron chi connectivity index (χ3n) is 6.85. The number of piperazine rings is 1. The molecule has 1 saturated carbocycles. The quantitative estimate of drug-likeness (QED) is 0.691. The Morgan fingerprint density at radius 3 is 2.66 bits per heavy atom. The molecule has 4 rings (SSSR count). The summed E-state index contributed by atoms with van der Waals surface area (Å²) < 4.78 is 5.31. The van der Waals surface area contributed by atoms with Crippen molar-refractivity contribution in [2.75, 3.05) is 6.61 Å². The standard InChI is InChI=1S/C23H30N2O4/c1-3-29-23(28)19(13-12-16-8-5-4-6-9-16)24-15(2)21(26)25-18-11-7-10-17(18)14-20(25)22(24)27/h4-6,8-9,15,17-20H,3,7,10-14H2,1-2H3/t15-,17-,18-,19+,20-/m1/s1. The molecule has 2 heterocycles. The van der Waals surface area contributed by atoms with Crippen molar-refractivity contribution in [2.45, 2.75) is 76.5 Å². The van der Waals surface area contributed by atoms with Crippen LogP contribution in [0.3, 0.4) is 0 Å². The Balaban J connectivity index is 1.58. The maximum absolute atomic E-state index is 13.5. The van der Waals surface area contributed by atoms with Crippen molar-refractivity contribution in [2.24, 2.45) is 5.92 Å². The number of carbonyl (C=O) groups excluding carboxylic acids is 3. The first-order valence-electron chi connectivity index (χ1n) is 10.9. The van der Waals surface area contributed by atoms with Crippen LogP contribution in [0.5, 0.6) is 0 Å². The second-order valence-corrected chi connectivity index (χ2v) is 8.47. The van der Waals surface area contributed by atoms with Gasteiger partial charge in [-0.3, -0.25) is 9.59 Å². The van der Waals surface area contributed by atoms with Crippen LogP contribution in [0.25, 0.3) is 0 Å². The molecule has 6 nitrogen and oxygen atoms in total. The van der Waals surface area contributed by atoms with E-state index >= 15 is 0 Å². The molecule has 3 fully saturated rings. The lowest BCUT2D eigenvalue weighted by molar-refractivity contribution is -0.170. The molecular formula is C23H30N2O4. The summed E-state index contributed by atoms with van der Waals surface area (Å²) in [6.07, 6.45) is 5.03. The molecule has 6 heteroatoms. The fourth-order valence-electron chi connectivity index (χ4n) is 5.50. The fourth-order valence-corrected chi connectivity index (χ4v) is 5.50. The molecule has 2 amide bonds. The number of ether oxygens (including phenoxy) is 1. The van der Waals surface area contributed by atoms with Crippen molar-refractivity contribution in [1.29, 1.82) is 0 Å². The minimum atomic E-state index is -0.732. The average Bonchev–Trinajstić information content (AvgIpc) is 3.31. The summed E-state index contributed by atoms with van der Waals surface area (Å²) in [5.41, 5.74) is 1.10. The second-order valence-electron chi connectivity index (χ2n) is 8.47. The largest absolute Gasteiger partial charge is 0.464 e. The van der Waals surface area contributed by atoms with E-state index in [1.807, 2.05) is 35.2 Å². The maximum Gasteiger partial charge on any atom is 0.328 e. The zero-order chi connectivity index (χ0) is 20.5. The van der Waals surface area contributed by atoms with Gasteiger partial charge in [0.05, 0.1) is 6.61 Å². The Morgan fingerprint density at radius 2 is 1.93 bits per heavy atom. The third-order valence-corrected chi connectivity index (χ3v) is 6.85. The molecular weight excluding hydrogens is 368 g/mol. The Bertz CT molecular complexity index is 780. The van der Waals surface area contributed by atoms with Crippen LogP contribution in [0.15, 0.2) is 30.3 Å². The molecule has 2 saturated heterocycles. The van der Waals surface area contributed by atoms with Crippen LogP contribution in [0, 0.1) is 5.92 Å². The molecule has 1 aliphatic carbocycles. The SMILES string of the molecule is CCOC(=O)[C@H](CCc1ccccc1)N1C(=O)[C@H]2C[C@H]3CCC[C@H]3N2C(=O)[C@H]1C. The molecule has 0 radical (unpaired) electrons. The van der Waals surface area contributed by atoms with E-state index < -0.39 is 24.1 Å². The number of benzene rings is 1. The Hall–Kier alpha value is -2.37. The lowest BCUT2D eigenvalue weighted by Crippen LogP contribution is -2.66. The highest BCUT2D eigenvalue weighted by atomic mass is 16.5. The summed E-state index contributed by atoms with van der Waals surface area (Å²) in [4.78, 5) is 42.9. The van der Waals surface area contributed by atoms with Crippen molar-refractivity contribution in [3.63, 3.8) is 0 Å². The third kappa shape index (κ3) is 3.53. The number of fused-ring (bicyclic) bond motifs is 3. The molecule has 29 heavy (non-hydrogen) atoms. The van der Waals surface area contributed by atoms with Crippen molar-refractivity contribution < 1.29 is 19.1 Å². The number of nitrogens with zero attached hydrogens (tertiary/aromatic N) is 2. The van der Waals surface area contributed by atoms with Gasteiger partial charge in [-0.25, -0.2) is 4.79 Å². The number of hydrogen-bond donors (Lipinski definition) is 0. The van der Waals surface area contributed by atoms with Crippen LogP contribution >= 0.6 is 0 Å². The van der Waals surface area contributed by atoms with Crippen LogP contribution in [-0.4, -0.2) is 58.4 Å². The van der Waals surface area contributed by atoms with E-state index in [-0.39, 0.29) is 24.5 Å². The molecule has 0 N–H and O–H groups in total. The Morgan fingerprint density at radius 1 is 1.17 bits per heavy atom. The van der Waals surface area contributed by atoms with E-state index in [0.29, 0.717) is 18.8 Å². The molecule has 1 aromatic rings. The number of amides is 2. The highest BCUT2D eigenvalue weighted by molar-refractivity contribution is 5.99. The molecule has 0 aromatic heterocycles. The predicted molar refractivity (Wildman–Crippen MR) is 108 cm³/mol.